The monoisotopic (exact) mass is 386 g/mol. The number of aromatic nitrogens is 1. The van der Waals surface area contributed by atoms with Gasteiger partial charge in [-0.2, -0.15) is 0 Å². The third-order valence-electron chi connectivity index (χ3n) is 3.87. The second kappa shape index (κ2) is 9.23. The molecule has 5 nitrogen and oxygen atoms in total. The number of unbranched alkanes of at least 4 members (excludes halogenated alkanes) is 1. The average Bonchev–Trinajstić information content (AvgIpc) is 3.08. The number of hydrogen-bond donors (Lipinski definition) is 1. The first-order chi connectivity index (χ1) is 13.1. The molecule has 0 saturated heterocycles. The maximum Gasteiger partial charge on any atom is 0.306 e. The van der Waals surface area contributed by atoms with Gasteiger partial charge in [-0.25, -0.2) is 9.37 Å². The van der Waals surface area contributed by atoms with Crippen molar-refractivity contribution in [3.8, 4) is 0 Å². The smallest absolute Gasteiger partial charge is 0.306 e. The topological polar surface area (TPSA) is 68.3 Å². The molecule has 140 valence electrons. The Bertz CT molecular complexity index is 909. The molecule has 0 unspecified atom stereocenters. The maximum atomic E-state index is 13.4. The number of benzene rings is 2. The zero-order chi connectivity index (χ0) is 19.1. The lowest BCUT2D eigenvalue weighted by atomic mass is 10.2. The predicted molar refractivity (Wildman–Crippen MR) is 103 cm³/mol. The summed E-state index contributed by atoms with van der Waals surface area (Å²) in [5.41, 5.74) is 1.06. The van der Waals surface area contributed by atoms with Gasteiger partial charge in [-0.05, 0) is 43.5 Å². The highest BCUT2D eigenvalue weighted by atomic mass is 32.1. The van der Waals surface area contributed by atoms with Crippen LogP contribution in [0.25, 0.3) is 10.2 Å². The van der Waals surface area contributed by atoms with E-state index in [9.17, 15) is 14.0 Å². The number of nitrogens with one attached hydrogen (secondary N) is 1. The maximum absolute atomic E-state index is 13.4. The summed E-state index contributed by atoms with van der Waals surface area (Å²) in [4.78, 5) is 28.0. The van der Waals surface area contributed by atoms with Gasteiger partial charge >= 0.3 is 5.97 Å². The summed E-state index contributed by atoms with van der Waals surface area (Å²) in [6.07, 6.45) is 2.51. The van der Waals surface area contributed by atoms with Crippen LogP contribution in [0.15, 0.2) is 48.5 Å². The highest BCUT2D eigenvalue weighted by molar-refractivity contribution is 7.18. The molecule has 1 aromatic heterocycles. The first-order valence-electron chi connectivity index (χ1n) is 8.66. The molecule has 0 radical (unpaired) electrons. The van der Waals surface area contributed by atoms with Crippen molar-refractivity contribution in [1.29, 1.82) is 0 Å². The van der Waals surface area contributed by atoms with E-state index in [0.717, 1.165) is 28.1 Å². The van der Waals surface area contributed by atoms with E-state index in [1.807, 2.05) is 24.3 Å². The van der Waals surface area contributed by atoms with Crippen molar-refractivity contribution in [3.05, 3.63) is 59.4 Å². The van der Waals surface area contributed by atoms with E-state index in [0.29, 0.717) is 6.42 Å². The van der Waals surface area contributed by atoms with Gasteiger partial charge in [0.1, 0.15) is 5.82 Å². The van der Waals surface area contributed by atoms with Crippen molar-refractivity contribution >= 4 is 39.1 Å². The number of carbonyl (C=O) groups is 2. The molecule has 0 spiro atoms. The molecule has 3 rings (SSSR count). The van der Waals surface area contributed by atoms with Crippen molar-refractivity contribution < 1.29 is 18.7 Å². The van der Waals surface area contributed by atoms with E-state index in [1.54, 1.807) is 17.4 Å². The fourth-order valence-electron chi connectivity index (χ4n) is 2.54. The van der Waals surface area contributed by atoms with Gasteiger partial charge in [0.25, 0.3) is 5.91 Å². The van der Waals surface area contributed by atoms with Crippen LogP contribution in [-0.2, 0) is 20.7 Å². The number of halogens is 1. The third kappa shape index (κ3) is 5.59. The van der Waals surface area contributed by atoms with Gasteiger partial charge in [0, 0.05) is 6.42 Å². The minimum Gasteiger partial charge on any atom is -0.456 e. The summed E-state index contributed by atoms with van der Waals surface area (Å²) < 4.78 is 19.5. The predicted octanol–water partition coefficient (Wildman–Crippen LogP) is 4.33. The van der Waals surface area contributed by atoms with Gasteiger partial charge in [-0.15, -0.1) is 11.3 Å². The number of anilines is 1. The van der Waals surface area contributed by atoms with Crippen molar-refractivity contribution in [2.75, 3.05) is 11.9 Å². The zero-order valence-corrected chi connectivity index (χ0v) is 15.4. The molecule has 0 bridgehead atoms. The van der Waals surface area contributed by atoms with Gasteiger partial charge in [0.15, 0.2) is 6.61 Å². The number of para-hydroxylation sites is 2. The molecule has 1 heterocycles. The van der Waals surface area contributed by atoms with E-state index < -0.39 is 24.3 Å². The standard InChI is InChI=1S/C20H19FN2O3S/c21-14-7-1-2-8-15(14)22-18(24)13-26-20(25)12-6-5-11-19-23-16-9-3-4-10-17(16)27-19/h1-4,7-10H,5-6,11-13H2,(H,22,24). The first kappa shape index (κ1) is 19.0. The van der Waals surface area contributed by atoms with Crippen LogP contribution in [0.1, 0.15) is 24.3 Å². The van der Waals surface area contributed by atoms with Crippen molar-refractivity contribution in [1.82, 2.24) is 4.98 Å². The molecule has 3 aromatic rings. The van der Waals surface area contributed by atoms with Crippen LogP contribution in [0.2, 0.25) is 0 Å². The van der Waals surface area contributed by atoms with E-state index in [4.69, 9.17) is 4.74 Å². The number of hydrogen-bond acceptors (Lipinski definition) is 5. The van der Waals surface area contributed by atoms with Gasteiger partial charge in [0.2, 0.25) is 0 Å². The van der Waals surface area contributed by atoms with Crippen LogP contribution < -0.4 is 5.32 Å². The number of thiazole rings is 1. The number of ether oxygens (including phenoxy) is 1. The van der Waals surface area contributed by atoms with Crippen molar-refractivity contribution in [2.45, 2.75) is 25.7 Å². The Kier molecular flexibility index (Phi) is 6.49. The van der Waals surface area contributed by atoms with E-state index in [1.165, 1.54) is 18.2 Å². The molecule has 1 N–H and O–H groups in total. The second-order valence-corrected chi connectivity index (χ2v) is 7.09. The highest BCUT2D eigenvalue weighted by Gasteiger charge is 2.10. The molecule has 0 aliphatic rings. The van der Waals surface area contributed by atoms with Crippen LogP contribution in [0.4, 0.5) is 10.1 Å². The number of amides is 1. The van der Waals surface area contributed by atoms with Crippen LogP contribution in [0.3, 0.4) is 0 Å². The Morgan fingerprint density at radius 3 is 2.67 bits per heavy atom. The summed E-state index contributed by atoms with van der Waals surface area (Å²) in [6.45, 7) is -0.426. The molecule has 2 aromatic carbocycles. The van der Waals surface area contributed by atoms with Crippen LogP contribution >= 0.6 is 11.3 Å². The summed E-state index contributed by atoms with van der Waals surface area (Å²) in [5.74, 6) is -1.54. The lowest BCUT2D eigenvalue weighted by Gasteiger charge is -2.07. The molecular weight excluding hydrogens is 367 g/mol. The Morgan fingerprint density at radius 1 is 1.07 bits per heavy atom. The molecular formula is C20H19FN2O3S. The van der Waals surface area contributed by atoms with Gasteiger partial charge in [-0.1, -0.05) is 24.3 Å². The third-order valence-corrected chi connectivity index (χ3v) is 4.97. The summed E-state index contributed by atoms with van der Waals surface area (Å²) in [7, 11) is 0. The number of esters is 1. The lowest BCUT2D eigenvalue weighted by Crippen LogP contribution is -2.21. The Labute approximate surface area is 160 Å². The van der Waals surface area contributed by atoms with Crippen molar-refractivity contribution in [3.63, 3.8) is 0 Å². The minimum absolute atomic E-state index is 0.0642. The second-order valence-electron chi connectivity index (χ2n) is 5.97. The first-order valence-corrected chi connectivity index (χ1v) is 9.48. The van der Waals surface area contributed by atoms with E-state index in [-0.39, 0.29) is 12.1 Å². The number of nitrogens with zero attached hydrogens (tertiary/aromatic N) is 1. The molecule has 0 aliphatic carbocycles. The van der Waals surface area contributed by atoms with Gasteiger partial charge < -0.3 is 10.1 Å². The fraction of sp³-hybridized carbons (Fsp3) is 0.250. The Balaban J connectivity index is 1.33. The molecule has 0 aliphatic heterocycles. The SMILES string of the molecule is O=C(COC(=O)CCCCc1nc2ccccc2s1)Nc1ccccc1F. The molecule has 27 heavy (non-hydrogen) atoms. The van der Waals surface area contributed by atoms with Crippen LogP contribution in [0.5, 0.6) is 0 Å². The van der Waals surface area contributed by atoms with Crippen LogP contribution in [-0.4, -0.2) is 23.5 Å². The summed E-state index contributed by atoms with van der Waals surface area (Å²) >= 11 is 1.66. The molecule has 0 atom stereocenters. The number of carbonyl (C=O) groups excluding carboxylic acids is 2. The van der Waals surface area contributed by atoms with Gasteiger partial charge in [-0.3, -0.25) is 9.59 Å². The summed E-state index contributed by atoms with van der Waals surface area (Å²) in [5, 5.41) is 3.42. The number of rotatable bonds is 8. The Morgan fingerprint density at radius 2 is 1.85 bits per heavy atom. The highest BCUT2D eigenvalue weighted by Crippen LogP contribution is 2.22. The normalized spacial score (nSPS) is 10.7. The zero-order valence-electron chi connectivity index (χ0n) is 14.6. The minimum atomic E-state index is -0.567. The van der Waals surface area contributed by atoms with E-state index in [2.05, 4.69) is 10.3 Å². The quantitative estimate of drug-likeness (QED) is 0.462. The Hall–Kier alpha value is -2.80. The molecule has 1 amide bonds. The average molecular weight is 386 g/mol. The molecule has 7 heteroatoms. The lowest BCUT2D eigenvalue weighted by molar-refractivity contribution is -0.147. The molecule has 0 saturated carbocycles. The van der Waals surface area contributed by atoms with Gasteiger partial charge in [0.05, 0.1) is 20.9 Å². The fourth-order valence-corrected chi connectivity index (χ4v) is 3.55. The van der Waals surface area contributed by atoms with Crippen LogP contribution in [0, 0.1) is 5.82 Å². The molecule has 0 fully saturated rings. The number of aryl methyl sites for hydroxylation is 1. The largest absolute Gasteiger partial charge is 0.456 e. The van der Waals surface area contributed by atoms with E-state index >= 15 is 0 Å². The van der Waals surface area contributed by atoms with Crippen molar-refractivity contribution in [2.24, 2.45) is 0 Å². The summed E-state index contributed by atoms with van der Waals surface area (Å²) in [6, 6.07) is 13.8. The number of fused-ring (bicyclic) bond motifs is 1.